The number of hydrogen-bond donors (Lipinski definition) is 0. The molecule has 0 N–H and O–H groups in total. The van der Waals surface area contributed by atoms with Crippen LogP contribution in [0.1, 0.15) is 38.2 Å². The van der Waals surface area contributed by atoms with Crippen LogP contribution in [-0.4, -0.2) is 11.3 Å². The fraction of sp³-hybridized carbons (Fsp3) is 0.500. The van der Waals surface area contributed by atoms with Gasteiger partial charge in [0.05, 0.1) is 0 Å². The molecule has 0 heterocycles. The van der Waals surface area contributed by atoms with Gasteiger partial charge in [0.25, 0.3) is 0 Å². The summed E-state index contributed by atoms with van der Waals surface area (Å²) >= 11 is 3.37. The van der Waals surface area contributed by atoms with Crippen LogP contribution in [0.25, 0.3) is 0 Å². The Labute approximate surface area is 111 Å². The molecule has 1 rings (SSSR count). The van der Waals surface area contributed by atoms with E-state index in [1.807, 2.05) is 24.3 Å². The molecule has 1 aromatic carbocycles. The fourth-order valence-electron chi connectivity index (χ4n) is 1.55. The van der Waals surface area contributed by atoms with Crippen LogP contribution < -0.4 is 4.74 Å². The fourth-order valence-corrected chi connectivity index (χ4v) is 1.95. The SMILES string of the molecule is CCc1cccc(OC(=O)CCCCCBr)c1. The van der Waals surface area contributed by atoms with E-state index in [1.165, 1.54) is 5.56 Å². The van der Waals surface area contributed by atoms with Crippen molar-refractivity contribution in [2.24, 2.45) is 0 Å². The van der Waals surface area contributed by atoms with Gasteiger partial charge in [0.15, 0.2) is 0 Å². The third-order valence-electron chi connectivity index (χ3n) is 2.55. The second-order valence-electron chi connectivity index (χ2n) is 3.97. The minimum absolute atomic E-state index is 0.132. The van der Waals surface area contributed by atoms with Crippen molar-refractivity contribution in [1.82, 2.24) is 0 Å². The van der Waals surface area contributed by atoms with Crippen molar-refractivity contribution in [2.45, 2.75) is 39.0 Å². The summed E-state index contributed by atoms with van der Waals surface area (Å²) in [4.78, 5) is 11.5. The molecule has 0 saturated carbocycles. The van der Waals surface area contributed by atoms with E-state index < -0.39 is 0 Å². The second-order valence-corrected chi connectivity index (χ2v) is 4.77. The van der Waals surface area contributed by atoms with Crippen LogP contribution in [-0.2, 0) is 11.2 Å². The van der Waals surface area contributed by atoms with E-state index in [0.29, 0.717) is 12.2 Å². The standard InChI is InChI=1S/C14H19BrO2/c1-2-12-7-6-8-13(11-12)17-14(16)9-4-3-5-10-15/h6-8,11H,2-5,9-10H2,1H3. The smallest absolute Gasteiger partial charge is 0.311 e. The number of benzene rings is 1. The van der Waals surface area contributed by atoms with Crippen LogP contribution in [0.5, 0.6) is 5.75 Å². The number of unbranched alkanes of at least 4 members (excludes halogenated alkanes) is 2. The first-order chi connectivity index (χ1) is 8.26. The molecule has 0 aromatic heterocycles. The van der Waals surface area contributed by atoms with E-state index >= 15 is 0 Å². The molecule has 0 fully saturated rings. The van der Waals surface area contributed by atoms with E-state index in [2.05, 4.69) is 22.9 Å². The maximum Gasteiger partial charge on any atom is 0.311 e. The third-order valence-corrected chi connectivity index (χ3v) is 3.11. The molecule has 17 heavy (non-hydrogen) atoms. The molecule has 0 bridgehead atoms. The largest absolute Gasteiger partial charge is 0.427 e. The number of esters is 1. The number of rotatable bonds is 7. The van der Waals surface area contributed by atoms with E-state index in [9.17, 15) is 4.79 Å². The van der Waals surface area contributed by atoms with Crippen molar-refractivity contribution in [1.29, 1.82) is 0 Å². The summed E-state index contributed by atoms with van der Waals surface area (Å²) in [5.74, 6) is 0.530. The van der Waals surface area contributed by atoms with Crippen LogP contribution in [0, 0.1) is 0 Å². The summed E-state index contributed by atoms with van der Waals surface area (Å²) in [7, 11) is 0. The van der Waals surface area contributed by atoms with Gasteiger partial charge in [-0.05, 0) is 37.0 Å². The molecular formula is C14H19BrO2. The van der Waals surface area contributed by atoms with Gasteiger partial charge in [-0.15, -0.1) is 0 Å². The minimum Gasteiger partial charge on any atom is -0.427 e. The number of halogens is 1. The maximum absolute atomic E-state index is 11.5. The van der Waals surface area contributed by atoms with Crippen LogP contribution in [0.15, 0.2) is 24.3 Å². The average molecular weight is 299 g/mol. The van der Waals surface area contributed by atoms with Crippen molar-refractivity contribution >= 4 is 21.9 Å². The predicted octanol–water partition coefficient (Wildman–Crippen LogP) is 4.11. The first-order valence-corrected chi connectivity index (χ1v) is 7.24. The van der Waals surface area contributed by atoms with Gasteiger partial charge >= 0.3 is 5.97 Å². The topological polar surface area (TPSA) is 26.3 Å². The Bertz CT molecular complexity index is 350. The molecule has 0 amide bonds. The van der Waals surface area contributed by atoms with Gasteiger partial charge in [0.2, 0.25) is 0 Å². The molecule has 94 valence electrons. The Morgan fingerprint density at radius 3 is 2.82 bits per heavy atom. The summed E-state index contributed by atoms with van der Waals surface area (Å²) < 4.78 is 5.29. The van der Waals surface area contributed by atoms with Crippen LogP contribution in [0.3, 0.4) is 0 Å². The van der Waals surface area contributed by atoms with E-state index in [-0.39, 0.29) is 5.97 Å². The number of carbonyl (C=O) groups is 1. The van der Waals surface area contributed by atoms with Crippen molar-refractivity contribution in [3.05, 3.63) is 29.8 Å². The molecule has 3 heteroatoms. The molecular weight excluding hydrogens is 280 g/mol. The van der Waals surface area contributed by atoms with Gasteiger partial charge in [-0.1, -0.05) is 41.4 Å². The number of hydrogen-bond acceptors (Lipinski definition) is 2. The van der Waals surface area contributed by atoms with Gasteiger partial charge in [0.1, 0.15) is 5.75 Å². The highest BCUT2D eigenvalue weighted by molar-refractivity contribution is 9.09. The minimum atomic E-state index is -0.132. The molecule has 0 radical (unpaired) electrons. The summed E-state index contributed by atoms with van der Waals surface area (Å²) in [6, 6.07) is 7.71. The highest BCUT2D eigenvalue weighted by Gasteiger charge is 2.04. The van der Waals surface area contributed by atoms with Gasteiger partial charge in [-0.25, -0.2) is 0 Å². The van der Waals surface area contributed by atoms with Crippen LogP contribution in [0.2, 0.25) is 0 Å². The normalized spacial score (nSPS) is 10.2. The first-order valence-electron chi connectivity index (χ1n) is 6.12. The quantitative estimate of drug-likeness (QED) is 0.328. The van der Waals surface area contributed by atoms with Crippen LogP contribution in [0.4, 0.5) is 0 Å². The number of carbonyl (C=O) groups excluding carboxylic acids is 1. The van der Waals surface area contributed by atoms with Crippen molar-refractivity contribution in [3.8, 4) is 5.75 Å². The molecule has 2 nitrogen and oxygen atoms in total. The number of aryl methyl sites for hydroxylation is 1. The van der Waals surface area contributed by atoms with E-state index in [0.717, 1.165) is 31.0 Å². The lowest BCUT2D eigenvalue weighted by Crippen LogP contribution is -2.07. The molecule has 0 aliphatic heterocycles. The summed E-state index contributed by atoms with van der Waals surface area (Å²) in [5.41, 5.74) is 1.19. The Kier molecular flexibility index (Phi) is 6.94. The monoisotopic (exact) mass is 298 g/mol. The zero-order valence-corrected chi connectivity index (χ0v) is 11.8. The van der Waals surface area contributed by atoms with Crippen LogP contribution >= 0.6 is 15.9 Å². The first kappa shape index (κ1) is 14.2. The third kappa shape index (κ3) is 5.87. The zero-order chi connectivity index (χ0) is 12.5. The molecule has 0 atom stereocenters. The van der Waals surface area contributed by atoms with E-state index in [1.54, 1.807) is 0 Å². The zero-order valence-electron chi connectivity index (χ0n) is 10.2. The summed E-state index contributed by atoms with van der Waals surface area (Å²) in [6.07, 6.45) is 4.53. The Hall–Kier alpha value is -0.830. The summed E-state index contributed by atoms with van der Waals surface area (Å²) in [6.45, 7) is 2.08. The molecule has 1 aromatic rings. The second kappa shape index (κ2) is 8.29. The lowest BCUT2D eigenvalue weighted by atomic mass is 10.1. The highest BCUT2D eigenvalue weighted by atomic mass is 79.9. The lowest BCUT2D eigenvalue weighted by Gasteiger charge is -2.05. The highest BCUT2D eigenvalue weighted by Crippen LogP contribution is 2.15. The molecule has 0 unspecified atom stereocenters. The predicted molar refractivity (Wildman–Crippen MR) is 73.7 cm³/mol. The Morgan fingerprint density at radius 2 is 2.12 bits per heavy atom. The molecule has 0 aliphatic rings. The summed E-state index contributed by atoms with van der Waals surface area (Å²) in [5, 5.41) is 1.00. The molecule has 0 saturated heterocycles. The van der Waals surface area contributed by atoms with Crippen molar-refractivity contribution < 1.29 is 9.53 Å². The number of ether oxygens (including phenoxy) is 1. The maximum atomic E-state index is 11.5. The van der Waals surface area contributed by atoms with Crippen molar-refractivity contribution in [2.75, 3.05) is 5.33 Å². The van der Waals surface area contributed by atoms with E-state index in [4.69, 9.17) is 4.74 Å². The number of alkyl halides is 1. The van der Waals surface area contributed by atoms with Gasteiger partial charge in [0, 0.05) is 11.8 Å². The molecule has 0 spiro atoms. The Balaban J connectivity index is 2.34. The van der Waals surface area contributed by atoms with Crippen molar-refractivity contribution in [3.63, 3.8) is 0 Å². The average Bonchev–Trinajstić information content (AvgIpc) is 2.35. The molecule has 0 aliphatic carbocycles. The lowest BCUT2D eigenvalue weighted by molar-refractivity contribution is -0.134. The van der Waals surface area contributed by atoms with Gasteiger partial charge < -0.3 is 4.74 Å². The Morgan fingerprint density at radius 1 is 1.29 bits per heavy atom. The van der Waals surface area contributed by atoms with Gasteiger partial charge in [-0.3, -0.25) is 4.79 Å². The van der Waals surface area contributed by atoms with Gasteiger partial charge in [-0.2, -0.15) is 0 Å².